The fourth-order valence-corrected chi connectivity index (χ4v) is 6.42. The van der Waals surface area contributed by atoms with Crippen LogP contribution >= 0.6 is 11.6 Å². The summed E-state index contributed by atoms with van der Waals surface area (Å²) in [5.74, 6) is -0.818. The molecule has 1 aliphatic heterocycles. The molecule has 3 N–H and O–H groups in total. The number of carbonyl (C=O) groups excluding carboxylic acids is 1. The number of rotatable bonds is 9. The molecule has 16 heteroatoms. The van der Waals surface area contributed by atoms with Crippen molar-refractivity contribution in [2.24, 2.45) is 0 Å². The van der Waals surface area contributed by atoms with Gasteiger partial charge in [0.25, 0.3) is 5.91 Å². The minimum atomic E-state index is -4.77. The number of aromatic nitrogens is 2. The second kappa shape index (κ2) is 13.4. The molecule has 4 rings (SSSR count). The predicted octanol–water partition coefficient (Wildman–Crippen LogP) is 4.34. The maximum atomic E-state index is 14.0. The average molecular weight is 648 g/mol. The van der Waals surface area contributed by atoms with Crippen molar-refractivity contribution >= 4 is 45.0 Å². The van der Waals surface area contributed by atoms with Crippen LogP contribution in [0.25, 0.3) is 0 Å². The summed E-state index contributed by atoms with van der Waals surface area (Å²) in [7, 11) is 1.25. The number of nitrogens with one attached hydrogen (secondary N) is 3. The number of nitrogens with zero attached hydrogens (tertiary/aromatic N) is 4. The Labute approximate surface area is 254 Å². The van der Waals surface area contributed by atoms with Gasteiger partial charge >= 0.3 is 6.18 Å². The molecule has 0 spiro atoms. The minimum absolute atomic E-state index is 0.0102. The van der Waals surface area contributed by atoms with E-state index in [1.807, 2.05) is 7.05 Å². The number of carbonyl (C=O) groups is 1. The molecule has 2 heterocycles. The number of hydrogen-bond donors (Lipinski definition) is 3. The predicted molar refractivity (Wildman–Crippen MR) is 159 cm³/mol. The van der Waals surface area contributed by atoms with E-state index in [4.69, 9.17) is 16.3 Å². The quantitative estimate of drug-likeness (QED) is 0.364. The molecular weight excluding hydrogens is 611 g/mol. The highest BCUT2D eigenvalue weighted by molar-refractivity contribution is 7.88. The summed E-state index contributed by atoms with van der Waals surface area (Å²) in [5.41, 5.74) is -0.659. The zero-order valence-electron chi connectivity index (χ0n) is 24.5. The summed E-state index contributed by atoms with van der Waals surface area (Å²) in [6.07, 6.45) is 0.994. The molecule has 238 valence electrons. The van der Waals surface area contributed by atoms with E-state index in [1.54, 1.807) is 0 Å². The topological polar surface area (TPSA) is 129 Å². The second-order valence-electron chi connectivity index (χ2n) is 11.0. The highest BCUT2D eigenvalue weighted by Crippen LogP contribution is 2.37. The van der Waals surface area contributed by atoms with Gasteiger partial charge in [0.1, 0.15) is 17.1 Å². The van der Waals surface area contributed by atoms with E-state index in [2.05, 4.69) is 30.8 Å². The molecule has 0 radical (unpaired) electrons. The lowest BCUT2D eigenvalue weighted by Crippen LogP contribution is -2.49. The number of likely N-dealkylation sites (tertiary alicyclic amines) is 1. The van der Waals surface area contributed by atoms with E-state index < -0.39 is 39.7 Å². The monoisotopic (exact) mass is 647 g/mol. The smallest absolute Gasteiger partial charge is 0.421 e. The Hall–Kier alpha value is -2.88. The van der Waals surface area contributed by atoms with Crippen molar-refractivity contribution in [3.8, 4) is 5.75 Å². The molecule has 1 saturated heterocycles. The van der Waals surface area contributed by atoms with E-state index in [0.717, 1.165) is 45.0 Å². The number of ether oxygens (including phenoxy) is 1. The number of benzene rings is 1. The van der Waals surface area contributed by atoms with Gasteiger partial charge in [0.05, 0.1) is 29.6 Å². The Bertz CT molecular complexity index is 1420. The van der Waals surface area contributed by atoms with Gasteiger partial charge in [0.15, 0.2) is 0 Å². The van der Waals surface area contributed by atoms with Crippen molar-refractivity contribution in [1.82, 2.24) is 24.5 Å². The number of halogens is 4. The average Bonchev–Trinajstić information content (AvgIpc) is 2.93. The standard InChI is InChI=1S/C27H37ClF3N7O4S/c1-37-11-9-16(10-12-37)33-25(39)17-13-23(42-3)21(14-19(17)28)35-26-32-15-18(27(29,30)31)24(36-26)34-20-7-5-6-8-22(20)38(2)43(4,40)41/h13-16,20,22H,5-12H2,1-4H3,(H,33,39)(H2,32,34,35,36)/t20-,22-/m1/s1. The molecule has 1 aromatic carbocycles. The molecule has 2 aromatic rings. The van der Waals surface area contributed by atoms with Crippen molar-refractivity contribution in [2.75, 3.05) is 51.2 Å². The van der Waals surface area contributed by atoms with Gasteiger partial charge in [-0.05, 0) is 58.0 Å². The molecule has 0 bridgehead atoms. The number of anilines is 3. The van der Waals surface area contributed by atoms with Crippen molar-refractivity contribution in [3.05, 3.63) is 34.5 Å². The third-order valence-corrected chi connectivity index (χ3v) is 9.60. The molecule has 1 aliphatic carbocycles. The number of alkyl halides is 3. The van der Waals surface area contributed by atoms with Crippen molar-refractivity contribution in [1.29, 1.82) is 0 Å². The molecule has 2 aliphatic rings. The Kier molecular flexibility index (Phi) is 10.3. The van der Waals surface area contributed by atoms with Gasteiger partial charge in [-0.3, -0.25) is 4.79 Å². The van der Waals surface area contributed by atoms with Gasteiger partial charge in [-0.1, -0.05) is 24.4 Å². The van der Waals surface area contributed by atoms with Crippen LogP contribution in [-0.4, -0.2) is 92.2 Å². The van der Waals surface area contributed by atoms with Crippen molar-refractivity contribution in [3.63, 3.8) is 0 Å². The fourth-order valence-electron chi connectivity index (χ4n) is 5.43. The van der Waals surface area contributed by atoms with Gasteiger partial charge in [0, 0.05) is 31.4 Å². The maximum absolute atomic E-state index is 14.0. The SMILES string of the molecule is COc1cc(C(=O)NC2CCN(C)CC2)c(Cl)cc1Nc1ncc(C(F)(F)F)c(N[C@@H]2CCCC[C@H]2N(C)S(C)(=O)=O)n1. The summed E-state index contributed by atoms with van der Waals surface area (Å²) in [6, 6.07) is 1.73. The highest BCUT2D eigenvalue weighted by Gasteiger charge is 2.38. The first-order valence-corrected chi connectivity index (χ1v) is 16.2. The van der Waals surface area contributed by atoms with Crippen molar-refractivity contribution < 1.29 is 31.1 Å². The summed E-state index contributed by atoms with van der Waals surface area (Å²) in [5, 5.41) is 8.81. The van der Waals surface area contributed by atoms with E-state index in [1.165, 1.54) is 30.6 Å². The van der Waals surface area contributed by atoms with Crippen molar-refractivity contribution in [2.45, 2.75) is 62.8 Å². The van der Waals surface area contributed by atoms with Crippen LogP contribution in [0.1, 0.15) is 54.4 Å². The molecule has 11 nitrogen and oxygen atoms in total. The van der Waals surface area contributed by atoms with Crippen LogP contribution in [0.15, 0.2) is 18.3 Å². The molecule has 2 fully saturated rings. The Morgan fingerprint density at radius 2 is 1.84 bits per heavy atom. The molecular formula is C27H37ClF3N7O4S. The summed E-state index contributed by atoms with van der Waals surface area (Å²) >= 11 is 6.47. The maximum Gasteiger partial charge on any atom is 0.421 e. The zero-order valence-corrected chi connectivity index (χ0v) is 26.0. The number of amides is 1. The molecule has 43 heavy (non-hydrogen) atoms. The summed E-state index contributed by atoms with van der Waals surface area (Å²) in [6.45, 7) is 1.73. The Morgan fingerprint density at radius 1 is 1.16 bits per heavy atom. The van der Waals surface area contributed by atoms with E-state index in [9.17, 15) is 26.4 Å². The lowest BCUT2D eigenvalue weighted by molar-refractivity contribution is -0.137. The van der Waals surface area contributed by atoms with E-state index in [0.29, 0.717) is 19.0 Å². The van der Waals surface area contributed by atoms with Gasteiger partial charge in [-0.25, -0.2) is 17.7 Å². The molecule has 1 amide bonds. The third kappa shape index (κ3) is 8.19. The summed E-state index contributed by atoms with van der Waals surface area (Å²) < 4.78 is 72.9. The van der Waals surface area contributed by atoms with Crippen LogP contribution in [0.3, 0.4) is 0 Å². The number of piperidine rings is 1. The highest BCUT2D eigenvalue weighted by atomic mass is 35.5. The molecule has 2 atom stereocenters. The van der Waals surface area contributed by atoms with Gasteiger partial charge in [-0.15, -0.1) is 0 Å². The van der Waals surface area contributed by atoms with Crippen LogP contribution in [-0.2, 0) is 16.2 Å². The Morgan fingerprint density at radius 3 is 2.47 bits per heavy atom. The van der Waals surface area contributed by atoms with Crippen LogP contribution in [0.4, 0.5) is 30.6 Å². The number of methoxy groups -OCH3 is 1. The van der Waals surface area contributed by atoms with Crippen LogP contribution in [0.2, 0.25) is 5.02 Å². The van der Waals surface area contributed by atoms with Crippen LogP contribution in [0.5, 0.6) is 5.75 Å². The molecule has 0 unspecified atom stereocenters. The van der Waals surface area contributed by atoms with Crippen LogP contribution < -0.4 is 20.7 Å². The first kappa shape index (κ1) is 33.0. The van der Waals surface area contributed by atoms with Gasteiger partial charge in [0.2, 0.25) is 16.0 Å². The molecule has 1 saturated carbocycles. The first-order chi connectivity index (χ1) is 20.2. The minimum Gasteiger partial charge on any atom is -0.495 e. The summed E-state index contributed by atoms with van der Waals surface area (Å²) in [4.78, 5) is 23.2. The normalized spacial score (nSPS) is 20.6. The second-order valence-corrected chi connectivity index (χ2v) is 13.5. The third-order valence-electron chi connectivity index (χ3n) is 7.97. The number of hydrogen-bond acceptors (Lipinski definition) is 9. The number of likely N-dealkylation sites (N-methyl/N-ethyl adjacent to an activating group) is 1. The van der Waals surface area contributed by atoms with E-state index >= 15 is 0 Å². The molecule has 1 aromatic heterocycles. The van der Waals surface area contributed by atoms with Crippen LogP contribution in [0, 0.1) is 0 Å². The van der Waals surface area contributed by atoms with Gasteiger partial charge < -0.3 is 25.6 Å². The first-order valence-electron chi connectivity index (χ1n) is 13.9. The van der Waals surface area contributed by atoms with Gasteiger partial charge in [-0.2, -0.15) is 18.2 Å². The lowest BCUT2D eigenvalue weighted by Gasteiger charge is -2.37. The largest absolute Gasteiger partial charge is 0.495 e. The Balaban J connectivity index is 1.59. The lowest BCUT2D eigenvalue weighted by atomic mass is 9.90. The zero-order chi connectivity index (χ0) is 31.5. The van der Waals surface area contributed by atoms with E-state index in [-0.39, 0.29) is 39.9 Å². The number of sulfonamides is 1. The fraction of sp³-hybridized carbons (Fsp3) is 0.593.